The van der Waals surface area contributed by atoms with Crippen molar-refractivity contribution in [3.8, 4) is 11.4 Å². The topological polar surface area (TPSA) is 40.2 Å². The first-order valence-corrected chi connectivity index (χ1v) is 4.38. The summed E-state index contributed by atoms with van der Waals surface area (Å²) < 4.78 is 7.22. The van der Waals surface area contributed by atoms with Crippen LogP contribution in [-0.2, 0) is 0 Å². The zero-order chi connectivity index (χ0) is 9.97. The smallest absolute Gasteiger partial charge is 0.142 e. The van der Waals surface area contributed by atoms with Crippen molar-refractivity contribution in [3.63, 3.8) is 0 Å². The molecule has 0 aliphatic rings. The third-order valence-electron chi connectivity index (χ3n) is 2.09. The first-order valence-electron chi connectivity index (χ1n) is 4.38. The summed E-state index contributed by atoms with van der Waals surface area (Å²) in [6.07, 6.45) is 3.91. The predicted octanol–water partition coefficient (Wildman–Crippen LogP) is 2.07. The van der Waals surface area contributed by atoms with Crippen molar-refractivity contribution in [1.82, 2.24) is 4.57 Å². The molecule has 0 amide bonds. The van der Waals surface area contributed by atoms with Crippen LogP contribution in [0.1, 0.15) is 0 Å². The molecule has 1 aromatic carbocycles. The molecule has 0 spiro atoms. The number of nitrogens with two attached hydrogens (primary N) is 1. The number of hydrogen-bond donors (Lipinski definition) is 1. The van der Waals surface area contributed by atoms with Gasteiger partial charge in [0.1, 0.15) is 5.75 Å². The van der Waals surface area contributed by atoms with E-state index in [9.17, 15) is 0 Å². The Kier molecular flexibility index (Phi) is 2.14. The molecule has 0 unspecified atom stereocenters. The molecule has 3 nitrogen and oxygen atoms in total. The first-order chi connectivity index (χ1) is 6.81. The lowest BCUT2D eigenvalue weighted by Gasteiger charge is -2.09. The largest absolute Gasteiger partial charge is 0.495 e. The fourth-order valence-corrected chi connectivity index (χ4v) is 1.40. The summed E-state index contributed by atoms with van der Waals surface area (Å²) in [4.78, 5) is 0. The van der Waals surface area contributed by atoms with Crippen molar-refractivity contribution >= 4 is 5.69 Å². The molecule has 0 saturated heterocycles. The predicted molar refractivity (Wildman–Crippen MR) is 56.7 cm³/mol. The van der Waals surface area contributed by atoms with Crippen LogP contribution in [-0.4, -0.2) is 11.7 Å². The quantitative estimate of drug-likeness (QED) is 0.733. The van der Waals surface area contributed by atoms with E-state index in [1.807, 2.05) is 47.3 Å². The monoisotopic (exact) mass is 188 g/mol. The maximum absolute atomic E-state index is 5.72. The van der Waals surface area contributed by atoms with Crippen LogP contribution < -0.4 is 10.5 Å². The van der Waals surface area contributed by atoms with Crippen LogP contribution in [0, 0.1) is 0 Å². The third kappa shape index (κ3) is 1.44. The second-order valence-electron chi connectivity index (χ2n) is 3.02. The van der Waals surface area contributed by atoms with Gasteiger partial charge in [-0.05, 0) is 30.3 Å². The van der Waals surface area contributed by atoms with Gasteiger partial charge in [0.25, 0.3) is 0 Å². The highest BCUT2D eigenvalue weighted by Gasteiger charge is 2.03. The van der Waals surface area contributed by atoms with Gasteiger partial charge in [-0.2, -0.15) is 0 Å². The fraction of sp³-hybridized carbons (Fsp3) is 0.0909. The summed E-state index contributed by atoms with van der Waals surface area (Å²) in [5, 5.41) is 0. The fourth-order valence-electron chi connectivity index (χ4n) is 1.40. The van der Waals surface area contributed by atoms with E-state index in [-0.39, 0.29) is 0 Å². The Morgan fingerprint density at radius 2 is 1.93 bits per heavy atom. The molecule has 2 aromatic rings. The van der Waals surface area contributed by atoms with Crippen molar-refractivity contribution in [2.45, 2.75) is 0 Å². The van der Waals surface area contributed by atoms with E-state index in [4.69, 9.17) is 10.5 Å². The van der Waals surface area contributed by atoms with Crippen LogP contribution in [0.15, 0.2) is 42.7 Å². The Hall–Kier alpha value is -1.90. The maximum atomic E-state index is 5.72. The SMILES string of the molecule is COc1ccc(N)cc1-n1cccc1. The van der Waals surface area contributed by atoms with Crippen LogP contribution in [0.5, 0.6) is 5.75 Å². The van der Waals surface area contributed by atoms with Crippen LogP contribution in [0.2, 0.25) is 0 Å². The van der Waals surface area contributed by atoms with Gasteiger partial charge < -0.3 is 15.0 Å². The summed E-state index contributed by atoms with van der Waals surface area (Å²) in [6, 6.07) is 9.50. The average Bonchev–Trinajstić information content (AvgIpc) is 2.70. The van der Waals surface area contributed by atoms with Gasteiger partial charge in [-0.1, -0.05) is 0 Å². The molecular weight excluding hydrogens is 176 g/mol. The van der Waals surface area contributed by atoms with E-state index in [1.54, 1.807) is 7.11 Å². The van der Waals surface area contributed by atoms with Gasteiger partial charge in [-0.15, -0.1) is 0 Å². The normalized spacial score (nSPS) is 10.1. The Morgan fingerprint density at radius 3 is 2.57 bits per heavy atom. The first kappa shape index (κ1) is 8.69. The molecule has 0 aliphatic carbocycles. The van der Waals surface area contributed by atoms with Gasteiger partial charge in [0.05, 0.1) is 12.8 Å². The highest BCUT2D eigenvalue weighted by Crippen LogP contribution is 2.24. The highest BCUT2D eigenvalue weighted by molar-refractivity contribution is 5.56. The minimum Gasteiger partial charge on any atom is -0.495 e. The summed E-state index contributed by atoms with van der Waals surface area (Å²) in [5.74, 6) is 0.815. The third-order valence-corrected chi connectivity index (χ3v) is 2.09. The number of benzene rings is 1. The lowest BCUT2D eigenvalue weighted by molar-refractivity contribution is 0.413. The van der Waals surface area contributed by atoms with E-state index in [2.05, 4.69) is 0 Å². The summed E-state index contributed by atoms with van der Waals surface area (Å²) in [7, 11) is 1.65. The molecule has 0 saturated carbocycles. The van der Waals surface area contributed by atoms with Crippen molar-refractivity contribution in [3.05, 3.63) is 42.7 Å². The Morgan fingerprint density at radius 1 is 1.21 bits per heavy atom. The number of rotatable bonds is 2. The summed E-state index contributed by atoms with van der Waals surface area (Å²) in [6.45, 7) is 0. The molecule has 0 radical (unpaired) electrons. The minimum atomic E-state index is 0.731. The van der Waals surface area contributed by atoms with E-state index in [0.29, 0.717) is 0 Å². The average molecular weight is 188 g/mol. The highest BCUT2D eigenvalue weighted by atomic mass is 16.5. The lowest BCUT2D eigenvalue weighted by Crippen LogP contribution is -1.96. The van der Waals surface area contributed by atoms with E-state index in [1.165, 1.54) is 0 Å². The number of methoxy groups -OCH3 is 1. The Labute approximate surface area is 82.7 Å². The molecule has 72 valence electrons. The zero-order valence-corrected chi connectivity index (χ0v) is 7.97. The van der Waals surface area contributed by atoms with Gasteiger partial charge >= 0.3 is 0 Å². The van der Waals surface area contributed by atoms with E-state index >= 15 is 0 Å². The molecule has 14 heavy (non-hydrogen) atoms. The van der Waals surface area contributed by atoms with Crippen molar-refractivity contribution in [2.75, 3.05) is 12.8 Å². The molecule has 1 aromatic heterocycles. The van der Waals surface area contributed by atoms with Gasteiger partial charge in [0, 0.05) is 18.1 Å². The summed E-state index contributed by atoms with van der Waals surface area (Å²) >= 11 is 0. The molecule has 0 fully saturated rings. The lowest BCUT2D eigenvalue weighted by atomic mass is 10.2. The number of ether oxygens (including phenoxy) is 1. The van der Waals surface area contributed by atoms with Gasteiger partial charge in [-0.3, -0.25) is 0 Å². The van der Waals surface area contributed by atoms with Crippen LogP contribution in [0.4, 0.5) is 5.69 Å². The molecule has 3 heteroatoms. The standard InChI is InChI=1S/C11H12N2O/c1-14-11-5-4-9(12)8-10(11)13-6-2-3-7-13/h2-8H,12H2,1H3. The molecule has 0 bridgehead atoms. The van der Waals surface area contributed by atoms with E-state index in [0.717, 1.165) is 17.1 Å². The van der Waals surface area contributed by atoms with Crippen LogP contribution in [0.25, 0.3) is 5.69 Å². The number of anilines is 1. The summed E-state index contributed by atoms with van der Waals surface area (Å²) in [5.41, 5.74) is 7.41. The Balaban J connectivity index is 2.55. The van der Waals surface area contributed by atoms with Crippen LogP contribution >= 0.6 is 0 Å². The number of nitrogen functional groups attached to an aromatic ring is 1. The molecule has 0 atom stereocenters. The molecule has 0 aliphatic heterocycles. The maximum Gasteiger partial charge on any atom is 0.142 e. The minimum absolute atomic E-state index is 0.731. The van der Waals surface area contributed by atoms with Crippen molar-refractivity contribution < 1.29 is 4.74 Å². The number of hydrogen-bond acceptors (Lipinski definition) is 2. The molecule has 2 N–H and O–H groups in total. The molecule has 2 rings (SSSR count). The van der Waals surface area contributed by atoms with Gasteiger partial charge in [-0.25, -0.2) is 0 Å². The number of aromatic nitrogens is 1. The number of nitrogens with zero attached hydrogens (tertiary/aromatic N) is 1. The van der Waals surface area contributed by atoms with Gasteiger partial charge in [0.2, 0.25) is 0 Å². The van der Waals surface area contributed by atoms with Crippen molar-refractivity contribution in [1.29, 1.82) is 0 Å². The zero-order valence-electron chi connectivity index (χ0n) is 7.97. The second-order valence-corrected chi connectivity index (χ2v) is 3.02. The molecule has 1 heterocycles. The van der Waals surface area contributed by atoms with Gasteiger partial charge in [0.15, 0.2) is 0 Å². The Bertz CT molecular complexity index is 421. The molecular formula is C11H12N2O. The van der Waals surface area contributed by atoms with E-state index < -0.39 is 0 Å². The van der Waals surface area contributed by atoms with Crippen molar-refractivity contribution in [2.24, 2.45) is 0 Å². The second kappa shape index (κ2) is 3.46. The van der Waals surface area contributed by atoms with Crippen LogP contribution in [0.3, 0.4) is 0 Å².